The quantitative estimate of drug-likeness (QED) is 0.570. The summed E-state index contributed by atoms with van der Waals surface area (Å²) in [6.45, 7) is 2.07. The van der Waals surface area contributed by atoms with Crippen LogP contribution < -0.4 is 5.32 Å². The third-order valence-corrected chi connectivity index (χ3v) is 3.70. The number of rotatable bonds is 6. The summed E-state index contributed by atoms with van der Waals surface area (Å²) in [6.07, 6.45) is 1.70. The van der Waals surface area contributed by atoms with E-state index < -0.39 is 0 Å². The van der Waals surface area contributed by atoms with Gasteiger partial charge in [-0.15, -0.1) is 14.8 Å². The molecule has 9 heteroatoms. The molecule has 4 aromatic rings. The number of anilines is 1. The Kier molecular flexibility index (Phi) is 4.03. The van der Waals surface area contributed by atoms with Gasteiger partial charge in [-0.05, 0) is 34.5 Å². The minimum Gasteiger partial charge on any atom is -0.355 e. The maximum absolute atomic E-state index is 5.34. The number of tetrazole rings is 1. The molecule has 0 aliphatic heterocycles. The normalized spacial score (nSPS) is 12.4. The van der Waals surface area contributed by atoms with Gasteiger partial charge in [-0.2, -0.15) is 4.98 Å². The topological polar surface area (TPSA) is 107 Å². The molecule has 1 atom stereocenters. The summed E-state index contributed by atoms with van der Waals surface area (Å²) >= 11 is 0. The van der Waals surface area contributed by atoms with E-state index in [1.807, 2.05) is 36.4 Å². The van der Waals surface area contributed by atoms with Gasteiger partial charge in [-0.1, -0.05) is 42.4 Å². The smallest absolute Gasteiger partial charge is 0.226 e. The van der Waals surface area contributed by atoms with E-state index in [1.165, 1.54) is 4.63 Å². The van der Waals surface area contributed by atoms with Gasteiger partial charge in [0.2, 0.25) is 5.89 Å². The van der Waals surface area contributed by atoms with Crippen molar-refractivity contribution in [2.24, 2.45) is 0 Å². The maximum Gasteiger partial charge on any atom is 0.226 e. The highest BCUT2D eigenvalue weighted by Gasteiger charge is 2.21. The van der Waals surface area contributed by atoms with Crippen LogP contribution in [0.3, 0.4) is 0 Å². The summed E-state index contributed by atoms with van der Waals surface area (Å²) in [5.41, 5.74) is 1.58. The van der Waals surface area contributed by atoms with Crippen molar-refractivity contribution in [2.45, 2.75) is 25.8 Å². The second-order valence-electron chi connectivity index (χ2n) is 5.53. The zero-order valence-electron chi connectivity index (χ0n) is 13.6. The monoisotopic (exact) mass is 336 g/mol. The molecule has 0 saturated heterocycles. The van der Waals surface area contributed by atoms with Gasteiger partial charge in [0.15, 0.2) is 11.5 Å². The first-order chi connectivity index (χ1) is 12.3. The van der Waals surface area contributed by atoms with Gasteiger partial charge in [0, 0.05) is 6.42 Å². The van der Waals surface area contributed by atoms with E-state index in [4.69, 9.17) is 4.52 Å². The zero-order valence-corrected chi connectivity index (χ0v) is 13.6. The van der Waals surface area contributed by atoms with Crippen LogP contribution in [0.25, 0.3) is 5.65 Å². The van der Waals surface area contributed by atoms with E-state index in [1.54, 1.807) is 6.07 Å². The minimum absolute atomic E-state index is 0.294. The molecule has 0 radical (unpaired) electrons. The second kappa shape index (κ2) is 6.63. The SMILES string of the molecule is CCCc1nc(C(Nc2ccc3nnnn3n2)c2ccccc2)no1. The summed E-state index contributed by atoms with van der Waals surface area (Å²) in [5, 5.41) is 23.1. The van der Waals surface area contributed by atoms with Gasteiger partial charge in [0.1, 0.15) is 11.9 Å². The Morgan fingerprint density at radius 2 is 2.04 bits per heavy atom. The number of hydrogen-bond acceptors (Lipinski definition) is 8. The largest absolute Gasteiger partial charge is 0.355 e. The number of fused-ring (bicyclic) bond motifs is 1. The van der Waals surface area contributed by atoms with E-state index in [-0.39, 0.29) is 6.04 Å². The van der Waals surface area contributed by atoms with Crippen LogP contribution in [0.4, 0.5) is 5.82 Å². The lowest BCUT2D eigenvalue weighted by atomic mass is 10.1. The first kappa shape index (κ1) is 15.2. The van der Waals surface area contributed by atoms with E-state index in [0.717, 1.165) is 18.4 Å². The second-order valence-corrected chi connectivity index (χ2v) is 5.53. The summed E-state index contributed by atoms with van der Waals surface area (Å²) in [7, 11) is 0. The number of aryl methyl sites for hydroxylation is 1. The van der Waals surface area contributed by atoms with Gasteiger partial charge in [-0.3, -0.25) is 0 Å². The number of nitrogens with zero attached hydrogens (tertiary/aromatic N) is 7. The Balaban J connectivity index is 1.69. The summed E-state index contributed by atoms with van der Waals surface area (Å²) in [6, 6.07) is 13.2. The van der Waals surface area contributed by atoms with Crippen LogP contribution in [-0.2, 0) is 6.42 Å². The standard InChI is InChI=1S/C16H16N8O/c1-2-6-14-18-16(21-25-14)15(11-7-4-3-5-8-11)17-12-9-10-13-19-22-23-24(13)20-12/h3-5,7-10,15H,2,6H2,1H3,(H,17,20). The van der Waals surface area contributed by atoms with Crippen LogP contribution in [0.1, 0.15) is 36.7 Å². The molecule has 1 unspecified atom stereocenters. The molecule has 0 aliphatic carbocycles. The van der Waals surface area contributed by atoms with Crippen molar-refractivity contribution >= 4 is 11.5 Å². The lowest BCUT2D eigenvalue weighted by Crippen LogP contribution is -2.16. The number of aromatic nitrogens is 7. The van der Waals surface area contributed by atoms with Crippen molar-refractivity contribution in [2.75, 3.05) is 5.32 Å². The number of hydrogen-bond donors (Lipinski definition) is 1. The summed E-state index contributed by atoms with van der Waals surface area (Å²) < 4.78 is 6.71. The Bertz CT molecular complexity index is 964. The third-order valence-electron chi connectivity index (χ3n) is 3.70. The first-order valence-corrected chi connectivity index (χ1v) is 8.03. The molecule has 25 heavy (non-hydrogen) atoms. The summed E-state index contributed by atoms with van der Waals surface area (Å²) in [4.78, 5) is 4.51. The highest BCUT2D eigenvalue weighted by atomic mass is 16.5. The molecule has 1 N–H and O–H groups in total. The molecular weight excluding hydrogens is 320 g/mol. The molecule has 3 aromatic heterocycles. The average Bonchev–Trinajstić information content (AvgIpc) is 3.29. The summed E-state index contributed by atoms with van der Waals surface area (Å²) in [5.74, 6) is 1.80. The van der Waals surface area contributed by atoms with Gasteiger partial charge in [0.05, 0.1) is 0 Å². The Morgan fingerprint density at radius 1 is 1.16 bits per heavy atom. The first-order valence-electron chi connectivity index (χ1n) is 8.03. The molecule has 9 nitrogen and oxygen atoms in total. The molecule has 0 aliphatic rings. The molecule has 4 rings (SSSR count). The highest BCUT2D eigenvalue weighted by Crippen LogP contribution is 2.24. The van der Waals surface area contributed by atoms with Gasteiger partial charge in [0.25, 0.3) is 0 Å². The van der Waals surface area contributed by atoms with E-state index in [9.17, 15) is 0 Å². The fourth-order valence-electron chi connectivity index (χ4n) is 2.52. The minimum atomic E-state index is -0.294. The average molecular weight is 336 g/mol. The maximum atomic E-state index is 5.34. The Labute approximate surface area is 143 Å². The molecule has 0 fully saturated rings. The number of nitrogens with one attached hydrogen (secondary N) is 1. The number of benzene rings is 1. The van der Waals surface area contributed by atoms with Gasteiger partial charge in [-0.25, -0.2) is 0 Å². The van der Waals surface area contributed by atoms with Gasteiger partial charge < -0.3 is 9.84 Å². The third kappa shape index (κ3) is 3.16. The van der Waals surface area contributed by atoms with E-state index >= 15 is 0 Å². The lowest BCUT2D eigenvalue weighted by Gasteiger charge is -2.16. The molecule has 0 amide bonds. The Morgan fingerprint density at radius 3 is 2.88 bits per heavy atom. The zero-order chi connectivity index (χ0) is 17.1. The predicted octanol–water partition coefficient (Wildman–Crippen LogP) is 2.06. The molecule has 0 saturated carbocycles. The van der Waals surface area contributed by atoms with Crippen molar-refractivity contribution in [3.05, 3.63) is 59.7 Å². The van der Waals surface area contributed by atoms with Crippen molar-refractivity contribution in [1.29, 1.82) is 0 Å². The van der Waals surface area contributed by atoms with Crippen LogP contribution in [0.15, 0.2) is 47.0 Å². The Hall–Kier alpha value is -3.36. The molecule has 3 heterocycles. The van der Waals surface area contributed by atoms with E-state index in [2.05, 4.69) is 43.0 Å². The van der Waals surface area contributed by atoms with Crippen molar-refractivity contribution < 1.29 is 4.52 Å². The van der Waals surface area contributed by atoms with Gasteiger partial charge >= 0.3 is 0 Å². The molecule has 1 aromatic carbocycles. The van der Waals surface area contributed by atoms with E-state index in [0.29, 0.717) is 23.2 Å². The fraction of sp³-hybridized carbons (Fsp3) is 0.250. The molecule has 0 bridgehead atoms. The highest BCUT2D eigenvalue weighted by molar-refractivity contribution is 5.45. The van der Waals surface area contributed by atoms with Crippen LogP contribution in [-0.4, -0.2) is 35.4 Å². The van der Waals surface area contributed by atoms with Crippen LogP contribution in [0.2, 0.25) is 0 Å². The van der Waals surface area contributed by atoms with Crippen LogP contribution in [0, 0.1) is 0 Å². The predicted molar refractivity (Wildman–Crippen MR) is 88.8 cm³/mol. The molecule has 126 valence electrons. The van der Waals surface area contributed by atoms with Crippen molar-refractivity contribution in [3.8, 4) is 0 Å². The fourth-order valence-corrected chi connectivity index (χ4v) is 2.52. The van der Waals surface area contributed by atoms with Crippen LogP contribution in [0.5, 0.6) is 0 Å². The van der Waals surface area contributed by atoms with Crippen molar-refractivity contribution in [1.82, 2.24) is 35.4 Å². The van der Waals surface area contributed by atoms with Crippen LogP contribution >= 0.6 is 0 Å². The molecular formula is C16H16N8O. The lowest BCUT2D eigenvalue weighted by molar-refractivity contribution is 0.371. The van der Waals surface area contributed by atoms with Crippen molar-refractivity contribution in [3.63, 3.8) is 0 Å². The molecule has 0 spiro atoms.